The van der Waals surface area contributed by atoms with E-state index in [1.807, 2.05) is 54.9 Å². The van der Waals surface area contributed by atoms with Crippen LogP contribution in [-0.4, -0.2) is 88.6 Å². The van der Waals surface area contributed by atoms with E-state index in [2.05, 4.69) is 30.1 Å². The number of carbonyl (C=O) groups excluding carboxylic acids is 1. The summed E-state index contributed by atoms with van der Waals surface area (Å²) in [5, 5.41) is 23.5. The molecule has 0 unspecified atom stereocenters. The molecule has 3 aromatic heterocycles. The Morgan fingerprint density at radius 1 is 1.03 bits per heavy atom. The van der Waals surface area contributed by atoms with Gasteiger partial charge in [-0.2, -0.15) is 0 Å². The summed E-state index contributed by atoms with van der Waals surface area (Å²) < 4.78 is 30.1. The second-order valence-electron chi connectivity index (χ2n) is 17.5. The third-order valence-electron chi connectivity index (χ3n) is 13.7. The standard InChI is InChI=1S/C45H49ClF2N8O4/c1-26-30(6-4-8-32(26)50-40-38-33(51-41(53-40)39(47)48)19-27(21-49-38)22-56-16-9-29(57)23-56)31-7-3-5-28(37(31)46)20-36(58)42-52-34-24-55(17-10-35(34)54(42)2)18-15-44-11-13-45(25-44,14-12-44)43(59)60/h3-8,19,21,29,39,57H,9-18,20,22-25H2,1-2H3,(H,59,60)(H,50,51,53)/t29-,44?,45?/m0/s1. The van der Waals surface area contributed by atoms with Gasteiger partial charge in [-0.1, -0.05) is 41.9 Å². The number of carbonyl (C=O) groups is 2. The molecule has 3 N–H and O–H groups in total. The highest BCUT2D eigenvalue weighted by Gasteiger charge is 2.57. The van der Waals surface area contributed by atoms with Crippen molar-refractivity contribution < 1.29 is 28.6 Å². The molecule has 9 rings (SSSR count). The van der Waals surface area contributed by atoms with E-state index in [4.69, 9.17) is 16.6 Å². The van der Waals surface area contributed by atoms with Crippen LogP contribution >= 0.6 is 11.6 Å². The second kappa shape index (κ2) is 15.9. The van der Waals surface area contributed by atoms with Crippen LogP contribution in [0.3, 0.4) is 0 Å². The van der Waals surface area contributed by atoms with Crippen LogP contribution in [0.4, 0.5) is 20.3 Å². The lowest BCUT2D eigenvalue weighted by Crippen LogP contribution is -2.34. The summed E-state index contributed by atoms with van der Waals surface area (Å²) in [4.78, 5) is 48.2. The molecule has 1 saturated heterocycles. The van der Waals surface area contributed by atoms with Crippen LogP contribution in [0.2, 0.25) is 5.02 Å². The number of aliphatic hydroxyl groups excluding tert-OH is 1. The van der Waals surface area contributed by atoms with Crippen LogP contribution in [-0.2, 0) is 37.8 Å². The average molecular weight is 839 g/mol. The van der Waals surface area contributed by atoms with Crippen LogP contribution in [0.15, 0.2) is 48.7 Å². The number of hydrogen-bond acceptors (Lipinski definition) is 10. The smallest absolute Gasteiger partial charge is 0.309 e. The number of aliphatic hydroxyl groups is 1. The molecule has 4 aliphatic rings. The van der Waals surface area contributed by atoms with Crippen molar-refractivity contribution in [1.29, 1.82) is 0 Å². The minimum absolute atomic E-state index is 0.0558. The number of imidazole rings is 1. The van der Waals surface area contributed by atoms with Crippen molar-refractivity contribution in [3.63, 3.8) is 0 Å². The van der Waals surface area contributed by atoms with Crippen LogP contribution in [0, 0.1) is 17.8 Å². The summed E-state index contributed by atoms with van der Waals surface area (Å²) in [6.45, 7) is 6.13. The first kappa shape index (κ1) is 40.5. The molecule has 12 nitrogen and oxygen atoms in total. The molecule has 0 radical (unpaired) electrons. The number of carboxylic acid groups (broad SMARTS) is 1. The first-order valence-electron chi connectivity index (χ1n) is 20.8. The maximum atomic E-state index is 14.1. The Morgan fingerprint density at radius 3 is 2.55 bits per heavy atom. The maximum Gasteiger partial charge on any atom is 0.309 e. The van der Waals surface area contributed by atoms with Gasteiger partial charge >= 0.3 is 5.97 Å². The van der Waals surface area contributed by atoms with E-state index in [1.165, 1.54) is 0 Å². The number of likely N-dealkylation sites (tertiary alicyclic amines) is 1. The molecule has 2 bridgehead atoms. The van der Waals surface area contributed by atoms with Gasteiger partial charge in [0.05, 0.1) is 27.8 Å². The zero-order valence-electron chi connectivity index (χ0n) is 33.9. The van der Waals surface area contributed by atoms with Crippen LogP contribution in [0.25, 0.3) is 22.2 Å². The van der Waals surface area contributed by atoms with Gasteiger partial charge in [-0.05, 0) is 98.2 Å². The summed E-state index contributed by atoms with van der Waals surface area (Å²) >= 11 is 7.11. The molecule has 0 amide bonds. The highest BCUT2D eigenvalue weighted by atomic mass is 35.5. The van der Waals surface area contributed by atoms with Crippen molar-refractivity contribution in [2.45, 2.75) is 90.3 Å². The molecule has 2 saturated carbocycles. The minimum atomic E-state index is -2.90. The lowest BCUT2D eigenvalue weighted by molar-refractivity contribution is -0.148. The number of rotatable bonds is 13. The summed E-state index contributed by atoms with van der Waals surface area (Å²) in [5.74, 6) is -0.822. The van der Waals surface area contributed by atoms with Gasteiger partial charge in [-0.15, -0.1) is 0 Å². The highest BCUT2D eigenvalue weighted by Crippen LogP contribution is 2.63. The van der Waals surface area contributed by atoms with Crippen LogP contribution < -0.4 is 5.32 Å². The fourth-order valence-corrected chi connectivity index (χ4v) is 10.6. The first-order chi connectivity index (χ1) is 28.8. The normalized spacial score (nSPS) is 22.9. The monoisotopic (exact) mass is 838 g/mol. The summed E-state index contributed by atoms with van der Waals surface area (Å²) in [5.41, 5.74) is 6.63. The number of ketones is 1. The Labute approximate surface area is 352 Å². The molecule has 5 heterocycles. The number of anilines is 2. The molecule has 3 fully saturated rings. The van der Waals surface area contributed by atoms with Gasteiger partial charge in [0.2, 0.25) is 5.78 Å². The van der Waals surface area contributed by atoms with Crippen molar-refractivity contribution in [3.8, 4) is 11.1 Å². The maximum absolute atomic E-state index is 14.1. The van der Waals surface area contributed by atoms with E-state index >= 15 is 0 Å². The molecule has 1 atom stereocenters. The molecule has 0 spiro atoms. The Hall–Kier alpha value is -4.89. The molecular formula is C45H49ClF2N8O4. The van der Waals surface area contributed by atoms with Gasteiger partial charge in [-0.25, -0.2) is 23.7 Å². The number of β-amino-alcohol motifs (C(OH)–C–C–N with tert-alkyl or cyclic N) is 1. The topological polar surface area (TPSA) is 150 Å². The van der Waals surface area contributed by atoms with E-state index in [9.17, 15) is 28.6 Å². The van der Waals surface area contributed by atoms with Crippen molar-refractivity contribution >= 4 is 45.9 Å². The van der Waals surface area contributed by atoms with E-state index < -0.39 is 23.6 Å². The SMILES string of the molecule is Cc1c(Nc2nc(C(F)F)nc3cc(CN4CC[C@H](O)C4)cnc23)cccc1-c1cccc(CC(=O)c2nc3c(n2C)CCN(CCC24CCC(C(=O)O)(CC2)C4)C3)c1Cl. The Balaban J connectivity index is 0.907. The lowest BCUT2D eigenvalue weighted by atomic mass is 9.80. The third-order valence-corrected chi connectivity index (χ3v) is 14.2. The van der Waals surface area contributed by atoms with Crippen LogP contribution in [0.1, 0.15) is 95.9 Å². The van der Waals surface area contributed by atoms with Gasteiger partial charge < -0.3 is 20.1 Å². The van der Waals surface area contributed by atoms with Crippen molar-refractivity contribution in [3.05, 3.63) is 93.4 Å². The fourth-order valence-electron chi connectivity index (χ4n) is 10.3. The van der Waals surface area contributed by atoms with E-state index in [-0.39, 0.29) is 29.5 Å². The quantitative estimate of drug-likeness (QED) is 0.0996. The molecule has 2 aliphatic heterocycles. The lowest BCUT2D eigenvalue weighted by Gasteiger charge is -2.32. The largest absolute Gasteiger partial charge is 0.481 e. The van der Waals surface area contributed by atoms with Gasteiger partial charge in [-0.3, -0.25) is 24.4 Å². The highest BCUT2D eigenvalue weighted by molar-refractivity contribution is 6.34. The zero-order chi connectivity index (χ0) is 41.9. The zero-order valence-corrected chi connectivity index (χ0v) is 34.6. The average Bonchev–Trinajstić information content (AvgIpc) is 4.01. The van der Waals surface area contributed by atoms with Gasteiger partial charge in [0.1, 0.15) is 5.52 Å². The number of aromatic nitrogens is 5. The molecule has 2 aliphatic carbocycles. The number of aliphatic carboxylic acids is 1. The number of benzene rings is 2. The minimum Gasteiger partial charge on any atom is -0.481 e. The van der Waals surface area contributed by atoms with Crippen molar-refractivity contribution in [2.24, 2.45) is 17.9 Å². The predicted molar refractivity (Wildman–Crippen MR) is 224 cm³/mol. The Morgan fingerprint density at radius 2 is 1.82 bits per heavy atom. The summed E-state index contributed by atoms with van der Waals surface area (Å²) in [7, 11) is 1.90. The number of nitrogens with zero attached hydrogens (tertiary/aromatic N) is 7. The van der Waals surface area contributed by atoms with Gasteiger partial charge in [0.15, 0.2) is 17.5 Å². The van der Waals surface area contributed by atoms with E-state index in [0.29, 0.717) is 59.2 Å². The van der Waals surface area contributed by atoms with Crippen LogP contribution in [0.5, 0.6) is 0 Å². The molecule has 2 aromatic carbocycles. The number of halogens is 3. The number of nitrogens with one attached hydrogen (secondary N) is 1. The molecule has 60 heavy (non-hydrogen) atoms. The van der Waals surface area contributed by atoms with E-state index in [0.717, 1.165) is 98.2 Å². The first-order valence-corrected chi connectivity index (χ1v) is 21.2. The number of hydrogen-bond donors (Lipinski definition) is 3. The summed E-state index contributed by atoms with van der Waals surface area (Å²) in [6, 6.07) is 13.0. The van der Waals surface area contributed by atoms with Crippen molar-refractivity contribution in [2.75, 3.05) is 31.5 Å². The predicted octanol–water partition coefficient (Wildman–Crippen LogP) is 7.84. The second-order valence-corrected chi connectivity index (χ2v) is 17.9. The fraction of sp³-hybridized carbons (Fsp3) is 0.467. The number of carboxylic acids is 1. The van der Waals surface area contributed by atoms with E-state index in [1.54, 1.807) is 12.3 Å². The Bertz CT molecular complexity index is 2500. The number of Topliss-reactive ketones (excluding diaryl/α,β-unsaturated/α-hetero) is 1. The van der Waals surface area contributed by atoms with Crippen molar-refractivity contribution in [1.82, 2.24) is 34.3 Å². The Kier molecular flexibility index (Phi) is 10.7. The molecule has 5 aromatic rings. The van der Waals surface area contributed by atoms with Gasteiger partial charge in [0.25, 0.3) is 6.43 Å². The number of pyridine rings is 1. The summed E-state index contributed by atoms with van der Waals surface area (Å²) in [6.07, 6.45) is 5.28. The van der Waals surface area contributed by atoms with Gasteiger partial charge in [0, 0.05) is 75.8 Å². The molecule has 314 valence electrons. The molecule has 15 heteroatoms. The third kappa shape index (κ3) is 7.56. The number of fused-ring (bicyclic) bond motifs is 4. The number of alkyl halides is 2. The molecular weight excluding hydrogens is 790 g/mol.